The molecule has 0 spiro atoms. The molecule has 0 saturated heterocycles. The van der Waals surface area contributed by atoms with Gasteiger partial charge in [-0.1, -0.05) is 0 Å². The second kappa shape index (κ2) is 4.85. The van der Waals surface area contributed by atoms with Crippen molar-refractivity contribution in [3.63, 3.8) is 0 Å². The summed E-state index contributed by atoms with van der Waals surface area (Å²) in [5.41, 5.74) is 1.67. The quantitative estimate of drug-likeness (QED) is 0.866. The third kappa shape index (κ3) is 2.13. The molecule has 98 valence electrons. The number of ether oxygens (including phenoxy) is 3. The molecule has 0 fully saturated rings. The molecule has 6 heteroatoms. The molecule has 1 aliphatic heterocycles. The third-order valence-corrected chi connectivity index (χ3v) is 3.07. The first-order valence-electron chi connectivity index (χ1n) is 5.62. The van der Waals surface area contributed by atoms with Gasteiger partial charge >= 0.3 is 0 Å². The predicted molar refractivity (Wildman–Crippen MR) is 69.2 cm³/mol. The Kier molecular flexibility index (Phi) is 3.05. The summed E-state index contributed by atoms with van der Waals surface area (Å²) in [4.78, 5) is 3.98. The predicted octanol–water partition coefficient (Wildman–Crippen LogP) is 3.05. The molecular formula is C13H11ClN2O3. The van der Waals surface area contributed by atoms with Crippen LogP contribution in [0.3, 0.4) is 0 Å². The summed E-state index contributed by atoms with van der Waals surface area (Å²) >= 11 is 6.01. The second-order valence-electron chi connectivity index (χ2n) is 3.87. The first-order chi connectivity index (χ1) is 9.29. The van der Waals surface area contributed by atoms with Gasteiger partial charge in [-0.2, -0.15) is 0 Å². The summed E-state index contributed by atoms with van der Waals surface area (Å²) in [5.74, 6) is 0.663. The Labute approximate surface area is 115 Å². The largest absolute Gasteiger partial charge is 0.495 e. The second-order valence-corrected chi connectivity index (χ2v) is 4.21. The number of benzene rings is 1. The number of hydrogen-bond acceptors (Lipinski definition) is 4. The molecule has 5 nitrogen and oxygen atoms in total. The van der Waals surface area contributed by atoms with Gasteiger partial charge in [-0.25, -0.2) is 4.98 Å². The third-order valence-electron chi connectivity index (χ3n) is 2.79. The first-order valence-corrected chi connectivity index (χ1v) is 6.00. The Bertz CT molecular complexity index is 616. The van der Waals surface area contributed by atoms with Crippen LogP contribution in [0.5, 0.6) is 5.75 Å². The highest BCUT2D eigenvalue weighted by Gasteiger charge is 2.18. The number of imidazole rings is 1. The van der Waals surface area contributed by atoms with Crippen LogP contribution in [0.2, 0.25) is 5.28 Å². The van der Waals surface area contributed by atoms with Crippen molar-refractivity contribution in [3.05, 3.63) is 54.0 Å². The highest BCUT2D eigenvalue weighted by Crippen LogP contribution is 2.31. The summed E-state index contributed by atoms with van der Waals surface area (Å²) in [7, 11) is 1.60. The first kappa shape index (κ1) is 11.9. The summed E-state index contributed by atoms with van der Waals surface area (Å²) < 4.78 is 17.7. The topological polar surface area (TPSA) is 45.5 Å². The smallest absolute Gasteiger partial charge is 0.266 e. The van der Waals surface area contributed by atoms with Crippen molar-refractivity contribution in [3.8, 4) is 11.4 Å². The minimum absolute atomic E-state index is 0.376. The molecule has 1 aromatic carbocycles. The number of methoxy groups -OCH3 is 1. The van der Waals surface area contributed by atoms with Crippen molar-refractivity contribution in [2.45, 2.75) is 6.29 Å². The minimum Gasteiger partial charge on any atom is -0.495 e. The highest BCUT2D eigenvalue weighted by molar-refractivity contribution is 6.28. The molecule has 0 bridgehead atoms. The molecule has 0 saturated carbocycles. The Morgan fingerprint density at radius 2 is 2.11 bits per heavy atom. The van der Waals surface area contributed by atoms with Crippen molar-refractivity contribution < 1.29 is 14.2 Å². The lowest BCUT2D eigenvalue weighted by atomic mass is 10.1. The number of nitrogens with zero attached hydrogens (tertiary/aromatic N) is 2. The summed E-state index contributed by atoms with van der Waals surface area (Å²) in [6.45, 7) is 0. The van der Waals surface area contributed by atoms with E-state index in [1.807, 2.05) is 18.2 Å². The van der Waals surface area contributed by atoms with Gasteiger partial charge in [0, 0.05) is 18.0 Å². The zero-order chi connectivity index (χ0) is 13.2. The van der Waals surface area contributed by atoms with E-state index < -0.39 is 6.29 Å². The number of rotatable bonds is 3. The van der Waals surface area contributed by atoms with Crippen LogP contribution < -0.4 is 4.74 Å². The van der Waals surface area contributed by atoms with Crippen molar-refractivity contribution in [2.24, 2.45) is 0 Å². The fourth-order valence-corrected chi connectivity index (χ4v) is 2.10. The zero-order valence-corrected chi connectivity index (χ0v) is 10.9. The van der Waals surface area contributed by atoms with E-state index >= 15 is 0 Å². The molecule has 0 amide bonds. The maximum atomic E-state index is 6.01. The van der Waals surface area contributed by atoms with E-state index in [2.05, 4.69) is 4.98 Å². The Balaban J connectivity index is 2.00. The molecule has 3 rings (SSSR count). The average Bonchev–Trinajstić information content (AvgIpc) is 3.09. The zero-order valence-electron chi connectivity index (χ0n) is 10.1. The highest BCUT2D eigenvalue weighted by atomic mass is 35.5. The Hall–Kier alpha value is -2.14. The van der Waals surface area contributed by atoms with E-state index in [-0.39, 0.29) is 0 Å². The fraction of sp³-hybridized carbons (Fsp3) is 0.154. The van der Waals surface area contributed by atoms with E-state index in [4.69, 9.17) is 25.8 Å². The fourth-order valence-electron chi connectivity index (χ4n) is 1.90. The van der Waals surface area contributed by atoms with Gasteiger partial charge in [-0.15, -0.1) is 0 Å². The summed E-state index contributed by atoms with van der Waals surface area (Å²) in [6, 6.07) is 5.63. The molecular weight excluding hydrogens is 268 g/mol. The van der Waals surface area contributed by atoms with Crippen LogP contribution in [-0.2, 0) is 9.47 Å². The van der Waals surface area contributed by atoms with E-state index in [0.717, 1.165) is 11.3 Å². The van der Waals surface area contributed by atoms with Gasteiger partial charge in [0.1, 0.15) is 18.3 Å². The molecule has 2 heterocycles. The van der Waals surface area contributed by atoms with E-state index in [1.54, 1.807) is 24.1 Å². The minimum atomic E-state index is -0.429. The molecule has 1 aromatic heterocycles. The average molecular weight is 279 g/mol. The lowest BCUT2D eigenvalue weighted by Gasteiger charge is -2.15. The summed E-state index contributed by atoms with van der Waals surface area (Å²) in [5, 5.41) is 0.376. The maximum absolute atomic E-state index is 6.01. The van der Waals surface area contributed by atoms with Crippen molar-refractivity contribution in [1.29, 1.82) is 0 Å². The van der Waals surface area contributed by atoms with Crippen LogP contribution >= 0.6 is 11.6 Å². The molecule has 0 radical (unpaired) electrons. The molecule has 0 N–H and O–H groups in total. The SMILES string of the molecule is COc1cc(C2OC=CO2)ccc1-n1ccnc1Cl. The lowest BCUT2D eigenvalue weighted by Crippen LogP contribution is -2.02. The van der Waals surface area contributed by atoms with E-state index in [0.29, 0.717) is 11.0 Å². The lowest BCUT2D eigenvalue weighted by molar-refractivity contribution is -0.0247. The van der Waals surface area contributed by atoms with Gasteiger partial charge in [0.15, 0.2) is 0 Å². The van der Waals surface area contributed by atoms with Crippen LogP contribution in [0.1, 0.15) is 11.9 Å². The van der Waals surface area contributed by atoms with Gasteiger partial charge in [0.05, 0.1) is 12.8 Å². The van der Waals surface area contributed by atoms with Crippen LogP contribution in [0.25, 0.3) is 5.69 Å². The number of halogens is 1. The molecule has 19 heavy (non-hydrogen) atoms. The van der Waals surface area contributed by atoms with Gasteiger partial charge in [-0.3, -0.25) is 4.57 Å². The van der Waals surface area contributed by atoms with Crippen molar-refractivity contribution >= 4 is 11.6 Å². The maximum Gasteiger partial charge on any atom is 0.266 e. The van der Waals surface area contributed by atoms with Crippen molar-refractivity contribution in [1.82, 2.24) is 9.55 Å². The normalized spacial score (nSPS) is 14.2. The number of aromatic nitrogens is 2. The van der Waals surface area contributed by atoms with Gasteiger partial charge in [0.2, 0.25) is 5.28 Å². The van der Waals surface area contributed by atoms with Crippen molar-refractivity contribution in [2.75, 3.05) is 7.11 Å². The molecule has 0 atom stereocenters. The van der Waals surface area contributed by atoms with Gasteiger partial charge < -0.3 is 14.2 Å². The monoisotopic (exact) mass is 278 g/mol. The molecule has 0 aliphatic carbocycles. The Morgan fingerprint density at radius 3 is 2.74 bits per heavy atom. The van der Waals surface area contributed by atoms with Gasteiger partial charge in [-0.05, 0) is 29.8 Å². The van der Waals surface area contributed by atoms with Gasteiger partial charge in [0.25, 0.3) is 6.29 Å². The standard InChI is InChI=1S/C13H11ClN2O3/c1-17-11-8-9(12-18-6-7-19-12)2-3-10(11)16-5-4-15-13(16)14/h2-8,12H,1H3. The number of hydrogen-bond donors (Lipinski definition) is 0. The molecule has 2 aromatic rings. The molecule has 1 aliphatic rings. The molecule has 0 unspecified atom stereocenters. The van der Waals surface area contributed by atoms with Crippen LogP contribution in [0.4, 0.5) is 0 Å². The summed E-state index contributed by atoms with van der Waals surface area (Å²) in [6.07, 6.45) is 5.99. The van der Waals surface area contributed by atoms with Crippen LogP contribution in [-0.4, -0.2) is 16.7 Å². The van der Waals surface area contributed by atoms with E-state index in [9.17, 15) is 0 Å². The van der Waals surface area contributed by atoms with Crippen LogP contribution in [0, 0.1) is 0 Å². The Morgan fingerprint density at radius 1 is 1.32 bits per heavy atom. The van der Waals surface area contributed by atoms with Crippen LogP contribution in [0.15, 0.2) is 43.1 Å². The van der Waals surface area contributed by atoms with E-state index in [1.165, 1.54) is 12.5 Å².